The second kappa shape index (κ2) is 6.11. The van der Waals surface area contributed by atoms with Crippen LogP contribution >= 0.6 is 0 Å². The van der Waals surface area contributed by atoms with Gasteiger partial charge in [-0.1, -0.05) is 24.3 Å². The molecule has 0 bridgehead atoms. The molecular formula is C15H15NO3. The molecule has 1 aromatic carbocycles. The molecule has 1 heterocycles. The van der Waals surface area contributed by atoms with E-state index in [1.165, 1.54) is 0 Å². The van der Waals surface area contributed by atoms with Gasteiger partial charge in [-0.05, 0) is 30.7 Å². The molecule has 2 aromatic rings. The number of carbonyl (C=O) groups excluding carboxylic acids is 1. The lowest BCUT2D eigenvalue weighted by Crippen LogP contribution is -2.07. The van der Waals surface area contributed by atoms with Crippen LogP contribution in [0.4, 0.5) is 0 Å². The van der Waals surface area contributed by atoms with Crippen LogP contribution in [0.2, 0.25) is 0 Å². The van der Waals surface area contributed by atoms with Crippen molar-refractivity contribution >= 4 is 5.97 Å². The van der Waals surface area contributed by atoms with Crippen molar-refractivity contribution in [3.8, 4) is 11.3 Å². The molecule has 4 nitrogen and oxygen atoms in total. The van der Waals surface area contributed by atoms with Gasteiger partial charge in [0.05, 0.1) is 18.9 Å². The minimum absolute atomic E-state index is 0.0224. The predicted molar refractivity (Wildman–Crippen MR) is 71.6 cm³/mol. The smallest absolute Gasteiger partial charge is 0.356 e. The van der Waals surface area contributed by atoms with E-state index in [1.54, 1.807) is 19.1 Å². The van der Waals surface area contributed by atoms with E-state index in [-0.39, 0.29) is 12.3 Å². The summed E-state index contributed by atoms with van der Waals surface area (Å²) in [5, 5.41) is 9.13. The van der Waals surface area contributed by atoms with Crippen molar-refractivity contribution in [2.45, 2.75) is 13.5 Å². The van der Waals surface area contributed by atoms with Crippen LogP contribution in [0.5, 0.6) is 0 Å². The lowest BCUT2D eigenvalue weighted by Gasteiger charge is -2.05. The summed E-state index contributed by atoms with van der Waals surface area (Å²) in [7, 11) is 0. The Morgan fingerprint density at radius 3 is 2.79 bits per heavy atom. The summed E-state index contributed by atoms with van der Waals surface area (Å²) >= 11 is 0. The molecule has 1 N–H and O–H groups in total. The molecule has 0 unspecified atom stereocenters. The number of pyridine rings is 1. The van der Waals surface area contributed by atoms with Crippen molar-refractivity contribution in [3.05, 3.63) is 53.7 Å². The fraction of sp³-hybridized carbons (Fsp3) is 0.200. The molecule has 0 amide bonds. The highest BCUT2D eigenvalue weighted by molar-refractivity contribution is 5.87. The minimum atomic E-state index is -0.428. The first-order valence-electron chi connectivity index (χ1n) is 6.09. The van der Waals surface area contributed by atoms with Crippen LogP contribution in [-0.4, -0.2) is 22.7 Å². The van der Waals surface area contributed by atoms with Crippen LogP contribution in [0.25, 0.3) is 11.3 Å². The largest absolute Gasteiger partial charge is 0.461 e. The first kappa shape index (κ1) is 13.2. The van der Waals surface area contributed by atoms with Crippen LogP contribution < -0.4 is 0 Å². The van der Waals surface area contributed by atoms with Gasteiger partial charge < -0.3 is 9.84 Å². The Bertz CT molecular complexity index is 581. The topological polar surface area (TPSA) is 59.4 Å². The fourth-order valence-electron chi connectivity index (χ4n) is 1.74. The fourth-order valence-corrected chi connectivity index (χ4v) is 1.74. The van der Waals surface area contributed by atoms with Gasteiger partial charge >= 0.3 is 5.97 Å². The number of rotatable bonds is 4. The van der Waals surface area contributed by atoms with E-state index in [0.717, 1.165) is 11.1 Å². The van der Waals surface area contributed by atoms with Crippen LogP contribution in [0, 0.1) is 0 Å². The molecule has 0 saturated heterocycles. The van der Waals surface area contributed by atoms with Gasteiger partial charge in [-0.3, -0.25) is 0 Å². The second-order valence-electron chi connectivity index (χ2n) is 3.99. The van der Waals surface area contributed by atoms with Gasteiger partial charge in [-0.2, -0.15) is 0 Å². The Kier molecular flexibility index (Phi) is 4.26. The van der Waals surface area contributed by atoms with Crippen LogP contribution in [0.1, 0.15) is 23.0 Å². The van der Waals surface area contributed by atoms with E-state index < -0.39 is 5.97 Å². The molecule has 0 aliphatic rings. The standard InChI is InChI=1S/C15H15NO3/c1-2-19-15(18)14-8-4-7-13(16-14)12-6-3-5-11(9-12)10-17/h3-9,17H,2,10H2,1H3. The van der Waals surface area contributed by atoms with Crippen molar-refractivity contribution in [1.29, 1.82) is 0 Å². The summed E-state index contributed by atoms with van der Waals surface area (Å²) in [4.78, 5) is 15.9. The van der Waals surface area contributed by atoms with Crippen molar-refractivity contribution in [2.24, 2.45) is 0 Å². The number of hydrogen-bond donors (Lipinski definition) is 1. The van der Waals surface area contributed by atoms with Gasteiger partial charge in [-0.15, -0.1) is 0 Å². The molecule has 2 rings (SSSR count). The highest BCUT2D eigenvalue weighted by Crippen LogP contribution is 2.19. The summed E-state index contributed by atoms with van der Waals surface area (Å²) in [6, 6.07) is 12.6. The summed E-state index contributed by atoms with van der Waals surface area (Å²) in [6.45, 7) is 2.06. The zero-order valence-corrected chi connectivity index (χ0v) is 10.7. The summed E-state index contributed by atoms with van der Waals surface area (Å²) in [5.41, 5.74) is 2.63. The number of aromatic nitrogens is 1. The van der Waals surface area contributed by atoms with Gasteiger partial charge in [0, 0.05) is 5.56 Å². The molecule has 0 aliphatic heterocycles. The minimum Gasteiger partial charge on any atom is -0.461 e. The van der Waals surface area contributed by atoms with Gasteiger partial charge in [0.2, 0.25) is 0 Å². The molecule has 1 aromatic heterocycles. The summed E-state index contributed by atoms with van der Waals surface area (Å²) < 4.78 is 4.92. The van der Waals surface area contributed by atoms with Crippen molar-refractivity contribution < 1.29 is 14.6 Å². The van der Waals surface area contributed by atoms with E-state index >= 15 is 0 Å². The van der Waals surface area contributed by atoms with Gasteiger partial charge in [0.1, 0.15) is 5.69 Å². The zero-order chi connectivity index (χ0) is 13.7. The van der Waals surface area contributed by atoms with Crippen molar-refractivity contribution in [1.82, 2.24) is 4.98 Å². The second-order valence-corrected chi connectivity index (χ2v) is 3.99. The number of hydrogen-bond acceptors (Lipinski definition) is 4. The number of nitrogens with zero attached hydrogens (tertiary/aromatic N) is 1. The Hall–Kier alpha value is -2.20. The number of ether oxygens (including phenoxy) is 1. The number of benzene rings is 1. The molecule has 0 atom stereocenters. The first-order valence-corrected chi connectivity index (χ1v) is 6.09. The van der Waals surface area contributed by atoms with E-state index in [4.69, 9.17) is 9.84 Å². The van der Waals surface area contributed by atoms with E-state index in [2.05, 4.69) is 4.98 Å². The van der Waals surface area contributed by atoms with Crippen LogP contribution in [-0.2, 0) is 11.3 Å². The number of carbonyl (C=O) groups is 1. The molecule has 4 heteroatoms. The maximum atomic E-state index is 11.6. The average molecular weight is 257 g/mol. The Balaban J connectivity index is 2.34. The normalized spacial score (nSPS) is 10.2. The van der Waals surface area contributed by atoms with Crippen molar-refractivity contribution in [2.75, 3.05) is 6.61 Å². The molecule has 0 radical (unpaired) electrons. The quantitative estimate of drug-likeness (QED) is 0.854. The van der Waals surface area contributed by atoms with E-state index in [9.17, 15) is 4.79 Å². The number of aliphatic hydroxyl groups is 1. The lowest BCUT2D eigenvalue weighted by molar-refractivity contribution is 0.0519. The third-order valence-electron chi connectivity index (χ3n) is 2.64. The summed E-state index contributed by atoms with van der Waals surface area (Å²) in [5.74, 6) is -0.428. The monoisotopic (exact) mass is 257 g/mol. The molecule has 0 fully saturated rings. The third-order valence-corrected chi connectivity index (χ3v) is 2.64. The lowest BCUT2D eigenvalue weighted by atomic mass is 10.1. The maximum Gasteiger partial charge on any atom is 0.356 e. The number of esters is 1. The molecule has 0 aliphatic carbocycles. The van der Waals surface area contributed by atoms with Crippen molar-refractivity contribution in [3.63, 3.8) is 0 Å². The van der Waals surface area contributed by atoms with E-state index in [0.29, 0.717) is 12.3 Å². The predicted octanol–water partition coefficient (Wildman–Crippen LogP) is 2.42. The number of aliphatic hydroxyl groups excluding tert-OH is 1. The Labute approximate surface area is 111 Å². The average Bonchev–Trinajstić information content (AvgIpc) is 2.48. The molecular weight excluding hydrogens is 242 g/mol. The Morgan fingerprint density at radius 2 is 2.05 bits per heavy atom. The van der Waals surface area contributed by atoms with Crippen LogP contribution in [0.3, 0.4) is 0 Å². The molecule has 19 heavy (non-hydrogen) atoms. The van der Waals surface area contributed by atoms with E-state index in [1.807, 2.05) is 30.3 Å². The first-order chi connectivity index (χ1) is 9.24. The summed E-state index contributed by atoms with van der Waals surface area (Å²) in [6.07, 6.45) is 0. The highest BCUT2D eigenvalue weighted by atomic mass is 16.5. The maximum absolute atomic E-state index is 11.6. The van der Waals surface area contributed by atoms with Gasteiger partial charge in [0.25, 0.3) is 0 Å². The molecule has 98 valence electrons. The SMILES string of the molecule is CCOC(=O)c1cccc(-c2cccc(CO)c2)n1. The third kappa shape index (κ3) is 3.17. The van der Waals surface area contributed by atoms with Gasteiger partial charge in [0.15, 0.2) is 0 Å². The molecule has 0 saturated carbocycles. The zero-order valence-electron chi connectivity index (χ0n) is 10.7. The van der Waals surface area contributed by atoms with Crippen LogP contribution in [0.15, 0.2) is 42.5 Å². The Morgan fingerprint density at radius 1 is 1.26 bits per heavy atom. The molecule has 0 spiro atoms. The highest BCUT2D eigenvalue weighted by Gasteiger charge is 2.09. The van der Waals surface area contributed by atoms with Gasteiger partial charge in [-0.25, -0.2) is 9.78 Å².